The highest BCUT2D eigenvalue weighted by Gasteiger charge is 2.22. The number of hydrogen-bond acceptors (Lipinski definition) is 4. The minimum absolute atomic E-state index is 0.117. The average molecular weight is 434 g/mol. The van der Waals surface area contributed by atoms with Crippen molar-refractivity contribution in [1.82, 2.24) is 15.3 Å². The number of carbonyl (C=O) groups is 1. The largest absolute Gasteiger partial charge is 0.342 e. The van der Waals surface area contributed by atoms with E-state index >= 15 is 0 Å². The summed E-state index contributed by atoms with van der Waals surface area (Å²) in [5, 5.41) is 3.05. The van der Waals surface area contributed by atoms with Gasteiger partial charge in [-0.25, -0.2) is 13.4 Å². The first-order chi connectivity index (χ1) is 14.8. The number of aryl methyl sites for hydroxylation is 1. The van der Waals surface area contributed by atoms with Crippen LogP contribution in [-0.4, -0.2) is 30.5 Å². The Morgan fingerprint density at radius 2 is 1.74 bits per heavy atom. The SMILES string of the molecule is Cc1ccc(S(C)(=O)=O)cc1C(=O)NC(Cc1ccccc1)c1nc2ccccc2[nH]1. The molecule has 0 aliphatic rings. The molecule has 0 aliphatic carbocycles. The van der Waals surface area contributed by atoms with Crippen LogP contribution < -0.4 is 5.32 Å². The first-order valence-corrected chi connectivity index (χ1v) is 11.8. The van der Waals surface area contributed by atoms with Crippen LogP contribution in [0.15, 0.2) is 77.7 Å². The molecule has 6 nitrogen and oxygen atoms in total. The molecular formula is C24H23N3O3S. The van der Waals surface area contributed by atoms with E-state index in [4.69, 9.17) is 0 Å². The topological polar surface area (TPSA) is 91.9 Å². The summed E-state index contributed by atoms with van der Waals surface area (Å²) >= 11 is 0. The second-order valence-corrected chi connectivity index (χ2v) is 9.62. The molecule has 0 fully saturated rings. The Labute approximate surface area is 181 Å². The second-order valence-electron chi connectivity index (χ2n) is 7.60. The molecule has 1 amide bonds. The summed E-state index contributed by atoms with van der Waals surface area (Å²) in [4.78, 5) is 21.3. The van der Waals surface area contributed by atoms with Crippen molar-refractivity contribution in [3.05, 3.63) is 95.3 Å². The number of sulfone groups is 1. The molecule has 1 unspecified atom stereocenters. The highest BCUT2D eigenvalue weighted by atomic mass is 32.2. The van der Waals surface area contributed by atoms with Gasteiger partial charge in [0.1, 0.15) is 5.82 Å². The molecule has 0 aliphatic heterocycles. The minimum Gasteiger partial charge on any atom is -0.342 e. The lowest BCUT2D eigenvalue weighted by molar-refractivity contribution is 0.0934. The van der Waals surface area contributed by atoms with Crippen molar-refractivity contribution in [2.45, 2.75) is 24.3 Å². The quantitative estimate of drug-likeness (QED) is 0.481. The summed E-state index contributed by atoms with van der Waals surface area (Å²) in [5.41, 5.74) is 3.79. The van der Waals surface area contributed by atoms with E-state index in [-0.39, 0.29) is 10.8 Å². The number of nitrogens with zero attached hydrogens (tertiary/aromatic N) is 1. The van der Waals surface area contributed by atoms with E-state index in [1.54, 1.807) is 13.0 Å². The van der Waals surface area contributed by atoms with Gasteiger partial charge in [-0.15, -0.1) is 0 Å². The standard InChI is InChI=1S/C24H23N3O3S/c1-16-12-13-18(31(2,29)30)15-19(16)24(28)27-22(14-17-8-4-3-5-9-17)23-25-20-10-6-7-11-21(20)26-23/h3-13,15,22H,14H2,1-2H3,(H,25,26)(H,27,28). The number of H-pyrrole nitrogens is 1. The molecule has 1 heterocycles. The van der Waals surface area contributed by atoms with Crippen molar-refractivity contribution >= 4 is 26.8 Å². The van der Waals surface area contributed by atoms with Crippen LogP contribution in [0.2, 0.25) is 0 Å². The van der Waals surface area contributed by atoms with Crippen LogP contribution in [0.1, 0.15) is 33.4 Å². The zero-order chi connectivity index (χ0) is 22.0. The predicted octanol–water partition coefficient (Wildman–Crippen LogP) is 3.99. The molecule has 4 rings (SSSR count). The number of rotatable bonds is 6. The lowest BCUT2D eigenvalue weighted by atomic mass is 10.0. The Balaban J connectivity index is 1.70. The van der Waals surface area contributed by atoms with Gasteiger partial charge in [0.15, 0.2) is 9.84 Å². The van der Waals surface area contributed by atoms with Gasteiger partial charge < -0.3 is 10.3 Å². The summed E-state index contributed by atoms with van der Waals surface area (Å²) in [6.07, 6.45) is 1.67. The van der Waals surface area contributed by atoms with Crippen LogP contribution in [0.25, 0.3) is 11.0 Å². The number of amides is 1. The van der Waals surface area contributed by atoms with Crippen molar-refractivity contribution in [3.8, 4) is 0 Å². The van der Waals surface area contributed by atoms with Gasteiger partial charge in [-0.2, -0.15) is 0 Å². The fourth-order valence-corrected chi connectivity index (χ4v) is 4.16. The lowest BCUT2D eigenvalue weighted by Crippen LogP contribution is -2.31. The number of hydrogen-bond donors (Lipinski definition) is 2. The number of carbonyl (C=O) groups excluding carboxylic acids is 1. The van der Waals surface area contributed by atoms with Crippen molar-refractivity contribution in [1.29, 1.82) is 0 Å². The first-order valence-electron chi connectivity index (χ1n) is 9.91. The fourth-order valence-electron chi connectivity index (χ4n) is 3.52. The Bertz CT molecular complexity index is 1310. The van der Waals surface area contributed by atoms with Crippen molar-refractivity contribution in [2.24, 2.45) is 0 Å². The van der Waals surface area contributed by atoms with Gasteiger partial charge in [-0.1, -0.05) is 48.5 Å². The molecule has 3 aromatic carbocycles. The smallest absolute Gasteiger partial charge is 0.252 e. The van der Waals surface area contributed by atoms with Gasteiger partial charge in [0, 0.05) is 11.8 Å². The third-order valence-corrected chi connectivity index (χ3v) is 6.32. The molecule has 7 heteroatoms. The number of benzene rings is 3. The molecule has 1 atom stereocenters. The molecule has 0 saturated heterocycles. The Kier molecular flexibility index (Phi) is 5.61. The maximum atomic E-state index is 13.2. The fraction of sp³-hybridized carbons (Fsp3) is 0.167. The van der Waals surface area contributed by atoms with Crippen LogP contribution in [0.4, 0.5) is 0 Å². The first kappa shape index (κ1) is 20.8. The Morgan fingerprint density at radius 1 is 1.03 bits per heavy atom. The van der Waals surface area contributed by atoms with E-state index in [1.807, 2.05) is 54.6 Å². The van der Waals surface area contributed by atoms with Crippen molar-refractivity contribution in [2.75, 3.05) is 6.26 Å². The van der Waals surface area contributed by atoms with Gasteiger partial charge in [0.2, 0.25) is 0 Å². The van der Waals surface area contributed by atoms with E-state index in [0.29, 0.717) is 23.4 Å². The monoisotopic (exact) mass is 433 g/mol. The Hall–Kier alpha value is -3.45. The summed E-state index contributed by atoms with van der Waals surface area (Å²) in [7, 11) is -3.42. The molecule has 0 radical (unpaired) electrons. The van der Waals surface area contributed by atoms with Gasteiger partial charge >= 0.3 is 0 Å². The summed E-state index contributed by atoms with van der Waals surface area (Å²) < 4.78 is 23.9. The third-order valence-electron chi connectivity index (χ3n) is 5.21. The molecule has 2 N–H and O–H groups in total. The van der Waals surface area contributed by atoms with E-state index in [2.05, 4.69) is 15.3 Å². The van der Waals surface area contributed by atoms with Crippen LogP contribution in [0, 0.1) is 6.92 Å². The van der Waals surface area contributed by atoms with Gasteiger partial charge in [0.25, 0.3) is 5.91 Å². The van der Waals surface area contributed by atoms with Crippen LogP contribution in [-0.2, 0) is 16.3 Å². The van der Waals surface area contributed by atoms with Crippen LogP contribution >= 0.6 is 0 Å². The van der Waals surface area contributed by atoms with Gasteiger partial charge in [-0.3, -0.25) is 4.79 Å². The van der Waals surface area contributed by atoms with E-state index in [9.17, 15) is 13.2 Å². The van der Waals surface area contributed by atoms with Crippen molar-refractivity contribution in [3.63, 3.8) is 0 Å². The molecule has 1 aromatic heterocycles. The van der Waals surface area contributed by atoms with E-state index in [1.165, 1.54) is 12.1 Å². The number of aromatic nitrogens is 2. The molecule has 0 bridgehead atoms. The molecule has 4 aromatic rings. The minimum atomic E-state index is -3.42. The third kappa shape index (κ3) is 4.67. The normalized spacial score (nSPS) is 12.6. The van der Waals surface area contributed by atoms with Gasteiger partial charge in [-0.05, 0) is 48.7 Å². The number of imidazole rings is 1. The molecule has 0 spiro atoms. The summed E-state index contributed by atoms with van der Waals surface area (Å²) in [5.74, 6) is 0.305. The highest BCUT2D eigenvalue weighted by molar-refractivity contribution is 7.90. The highest BCUT2D eigenvalue weighted by Crippen LogP contribution is 2.22. The number of para-hydroxylation sites is 2. The molecule has 0 saturated carbocycles. The maximum Gasteiger partial charge on any atom is 0.252 e. The van der Waals surface area contributed by atoms with E-state index < -0.39 is 15.9 Å². The number of aromatic amines is 1. The van der Waals surface area contributed by atoms with Crippen LogP contribution in [0.5, 0.6) is 0 Å². The van der Waals surface area contributed by atoms with Gasteiger partial charge in [0.05, 0.1) is 22.0 Å². The number of fused-ring (bicyclic) bond motifs is 1. The summed E-state index contributed by atoms with van der Waals surface area (Å²) in [6.45, 7) is 1.79. The molecule has 158 valence electrons. The van der Waals surface area contributed by atoms with Crippen LogP contribution in [0.3, 0.4) is 0 Å². The zero-order valence-corrected chi connectivity index (χ0v) is 18.1. The average Bonchev–Trinajstić information content (AvgIpc) is 3.17. The lowest BCUT2D eigenvalue weighted by Gasteiger charge is -2.18. The second kappa shape index (κ2) is 8.35. The summed E-state index contributed by atoms with van der Waals surface area (Å²) in [6, 6.07) is 21.7. The number of nitrogens with one attached hydrogen (secondary N) is 2. The molecular weight excluding hydrogens is 410 g/mol. The van der Waals surface area contributed by atoms with Crippen molar-refractivity contribution < 1.29 is 13.2 Å². The predicted molar refractivity (Wildman–Crippen MR) is 121 cm³/mol. The Morgan fingerprint density at radius 3 is 2.45 bits per heavy atom. The molecule has 31 heavy (non-hydrogen) atoms. The zero-order valence-electron chi connectivity index (χ0n) is 17.3. The van der Waals surface area contributed by atoms with E-state index in [0.717, 1.165) is 22.9 Å². The maximum absolute atomic E-state index is 13.2.